The molecule has 0 bridgehead atoms. The number of benzene rings is 1. The Hall–Kier alpha value is -1.92. The predicted molar refractivity (Wildman–Crippen MR) is 84.4 cm³/mol. The van der Waals surface area contributed by atoms with E-state index >= 15 is 0 Å². The van der Waals surface area contributed by atoms with Crippen LogP contribution in [-0.2, 0) is 0 Å². The first-order chi connectivity index (χ1) is 10.0. The summed E-state index contributed by atoms with van der Waals surface area (Å²) in [5.41, 5.74) is 7.52. The molecular formula is C14H13ClN4OS. The van der Waals surface area contributed by atoms with E-state index in [0.29, 0.717) is 21.9 Å². The van der Waals surface area contributed by atoms with Crippen LogP contribution in [0.15, 0.2) is 28.8 Å². The molecule has 0 aliphatic heterocycles. The minimum Gasteiger partial charge on any atom is -0.375 e. The lowest BCUT2D eigenvalue weighted by Crippen LogP contribution is -1.91. The van der Waals surface area contributed by atoms with Crippen molar-refractivity contribution in [3.8, 4) is 22.2 Å². The van der Waals surface area contributed by atoms with Gasteiger partial charge in [0.25, 0.3) is 5.89 Å². The molecule has 5 nitrogen and oxygen atoms in total. The van der Waals surface area contributed by atoms with Gasteiger partial charge in [-0.25, -0.2) is 4.98 Å². The van der Waals surface area contributed by atoms with Gasteiger partial charge in [-0.2, -0.15) is 4.98 Å². The smallest absolute Gasteiger partial charge is 0.270 e. The summed E-state index contributed by atoms with van der Waals surface area (Å²) in [7, 11) is 0. The average Bonchev–Trinajstić information content (AvgIpc) is 3.06. The van der Waals surface area contributed by atoms with Crippen molar-refractivity contribution in [3.05, 3.63) is 35.0 Å². The Kier molecular flexibility index (Phi) is 3.65. The second-order valence-corrected chi connectivity index (χ2v) is 6.32. The van der Waals surface area contributed by atoms with E-state index in [4.69, 9.17) is 21.9 Å². The van der Waals surface area contributed by atoms with Gasteiger partial charge in [0.15, 0.2) is 5.13 Å². The summed E-state index contributed by atoms with van der Waals surface area (Å²) in [6, 6.07) is 7.27. The summed E-state index contributed by atoms with van der Waals surface area (Å²) >= 11 is 7.23. The van der Waals surface area contributed by atoms with Gasteiger partial charge in [0, 0.05) is 10.6 Å². The first-order valence-electron chi connectivity index (χ1n) is 6.41. The van der Waals surface area contributed by atoms with E-state index in [1.165, 1.54) is 11.3 Å². The van der Waals surface area contributed by atoms with Gasteiger partial charge in [-0.15, -0.1) is 0 Å². The van der Waals surface area contributed by atoms with Crippen LogP contribution in [0.25, 0.3) is 22.2 Å². The van der Waals surface area contributed by atoms with E-state index in [1.54, 1.807) is 12.1 Å². The summed E-state index contributed by atoms with van der Waals surface area (Å²) in [5, 5.41) is 5.18. The van der Waals surface area contributed by atoms with E-state index in [2.05, 4.69) is 29.0 Å². The van der Waals surface area contributed by atoms with Gasteiger partial charge in [0.2, 0.25) is 5.82 Å². The van der Waals surface area contributed by atoms with E-state index < -0.39 is 0 Å². The van der Waals surface area contributed by atoms with Crippen molar-refractivity contribution in [2.24, 2.45) is 0 Å². The van der Waals surface area contributed by atoms with Gasteiger partial charge in [0.1, 0.15) is 4.88 Å². The monoisotopic (exact) mass is 320 g/mol. The van der Waals surface area contributed by atoms with Crippen molar-refractivity contribution in [2.75, 3.05) is 5.73 Å². The number of thiazole rings is 1. The van der Waals surface area contributed by atoms with Crippen LogP contribution in [0.5, 0.6) is 0 Å². The molecule has 0 radical (unpaired) electrons. The maximum Gasteiger partial charge on any atom is 0.270 e. The Labute approximate surface area is 130 Å². The molecule has 0 spiro atoms. The van der Waals surface area contributed by atoms with Gasteiger partial charge in [-0.1, -0.05) is 41.9 Å². The lowest BCUT2D eigenvalue weighted by Gasteiger charge is -2.00. The standard InChI is InChI=1S/C14H13ClN4OS/c1-7(2)10-11(21-14(16)17-10)13-18-12(19-20-13)8-3-5-9(15)6-4-8/h3-7H,1-2H3,(H2,16,17). The quantitative estimate of drug-likeness (QED) is 0.781. The third kappa shape index (κ3) is 2.77. The first kappa shape index (κ1) is 14.0. The fraction of sp³-hybridized carbons (Fsp3) is 0.214. The molecule has 108 valence electrons. The third-order valence-electron chi connectivity index (χ3n) is 2.94. The van der Waals surface area contributed by atoms with Gasteiger partial charge in [0.05, 0.1) is 5.69 Å². The number of nitrogens with zero attached hydrogens (tertiary/aromatic N) is 3. The Morgan fingerprint density at radius 2 is 1.90 bits per heavy atom. The van der Waals surface area contributed by atoms with Gasteiger partial charge in [-0.3, -0.25) is 0 Å². The molecule has 21 heavy (non-hydrogen) atoms. The highest BCUT2D eigenvalue weighted by Crippen LogP contribution is 2.35. The number of halogens is 1. The molecule has 0 saturated carbocycles. The summed E-state index contributed by atoms with van der Waals surface area (Å²) in [6.45, 7) is 4.10. The van der Waals surface area contributed by atoms with E-state index in [-0.39, 0.29) is 5.92 Å². The fourth-order valence-corrected chi connectivity index (χ4v) is 2.96. The van der Waals surface area contributed by atoms with Crippen molar-refractivity contribution in [2.45, 2.75) is 19.8 Å². The first-order valence-corrected chi connectivity index (χ1v) is 7.60. The fourth-order valence-electron chi connectivity index (χ4n) is 1.93. The molecule has 0 fully saturated rings. The van der Waals surface area contributed by atoms with Crippen LogP contribution < -0.4 is 5.73 Å². The van der Waals surface area contributed by atoms with E-state index in [0.717, 1.165) is 16.1 Å². The summed E-state index contributed by atoms with van der Waals surface area (Å²) in [6.07, 6.45) is 0. The predicted octanol–water partition coefficient (Wildman–Crippen LogP) is 4.22. The molecule has 1 aromatic carbocycles. The van der Waals surface area contributed by atoms with Crippen molar-refractivity contribution in [3.63, 3.8) is 0 Å². The van der Waals surface area contributed by atoms with Crippen molar-refractivity contribution >= 4 is 28.1 Å². The van der Waals surface area contributed by atoms with Gasteiger partial charge < -0.3 is 10.3 Å². The molecule has 0 aliphatic carbocycles. The number of nitrogens with two attached hydrogens (primary N) is 1. The lowest BCUT2D eigenvalue weighted by atomic mass is 10.1. The highest BCUT2D eigenvalue weighted by atomic mass is 35.5. The molecule has 2 N–H and O–H groups in total. The zero-order valence-corrected chi connectivity index (χ0v) is 13.1. The highest BCUT2D eigenvalue weighted by molar-refractivity contribution is 7.18. The molecular weight excluding hydrogens is 308 g/mol. The third-order valence-corrected chi connectivity index (χ3v) is 4.08. The molecule has 0 saturated heterocycles. The number of aromatic nitrogens is 3. The lowest BCUT2D eigenvalue weighted by molar-refractivity contribution is 0.432. The number of anilines is 1. The Balaban J connectivity index is 2.00. The number of hydrogen-bond acceptors (Lipinski definition) is 6. The van der Waals surface area contributed by atoms with Crippen LogP contribution in [0.3, 0.4) is 0 Å². The Morgan fingerprint density at radius 1 is 1.19 bits per heavy atom. The van der Waals surface area contributed by atoms with Gasteiger partial charge in [-0.05, 0) is 30.2 Å². The summed E-state index contributed by atoms with van der Waals surface area (Å²) < 4.78 is 5.36. The Morgan fingerprint density at radius 3 is 2.57 bits per heavy atom. The second-order valence-electron chi connectivity index (χ2n) is 4.85. The van der Waals surface area contributed by atoms with Crippen LogP contribution >= 0.6 is 22.9 Å². The summed E-state index contributed by atoms with van der Waals surface area (Å²) in [4.78, 5) is 9.59. The van der Waals surface area contributed by atoms with E-state index in [1.807, 2.05) is 12.1 Å². The molecule has 3 rings (SSSR count). The zero-order chi connectivity index (χ0) is 15.0. The van der Waals surface area contributed by atoms with Crippen LogP contribution in [0, 0.1) is 0 Å². The minimum absolute atomic E-state index is 0.236. The largest absolute Gasteiger partial charge is 0.375 e. The summed E-state index contributed by atoms with van der Waals surface area (Å²) in [5.74, 6) is 1.20. The maximum absolute atomic E-state index is 5.87. The molecule has 0 unspecified atom stereocenters. The van der Waals surface area contributed by atoms with Crippen LogP contribution in [-0.4, -0.2) is 15.1 Å². The van der Waals surface area contributed by atoms with Crippen LogP contribution in [0.4, 0.5) is 5.13 Å². The molecule has 2 heterocycles. The molecule has 0 amide bonds. The van der Waals surface area contributed by atoms with Gasteiger partial charge >= 0.3 is 0 Å². The number of nitrogen functional groups attached to an aromatic ring is 1. The van der Waals surface area contributed by atoms with Crippen molar-refractivity contribution in [1.29, 1.82) is 0 Å². The van der Waals surface area contributed by atoms with Crippen molar-refractivity contribution < 1.29 is 4.52 Å². The second kappa shape index (κ2) is 5.46. The molecule has 7 heteroatoms. The normalized spacial score (nSPS) is 11.2. The number of hydrogen-bond donors (Lipinski definition) is 1. The Bertz CT molecular complexity index is 764. The minimum atomic E-state index is 0.236. The average molecular weight is 321 g/mol. The van der Waals surface area contributed by atoms with E-state index in [9.17, 15) is 0 Å². The zero-order valence-electron chi connectivity index (χ0n) is 11.5. The number of rotatable bonds is 3. The van der Waals surface area contributed by atoms with Crippen molar-refractivity contribution in [1.82, 2.24) is 15.1 Å². The highest BCUT2D eigenvalue weighted by Gasteiger charge is 2.20. The molecule has 3 aromatic rings. The molecule has 2 aromatic heterocycles. The molecule has 0 aliphatic rings. The topological polar surface area (TPSA) is 77.8 Å². The van der Waals surface area contributed by atoms with Crippen LogP contribution in [0.2, 0.25) is 5.02 Å². The SMILES string of the molecule is CC(C)c1nc(N)sc1-c1nc(-c2ccc(Cl)cc2)no1. The van der Waals surface area contributed by atoms with Crippen LogP contribution in [0.1, 0.15) is 25.5 Å². The molecule has 0 atom stereocenters. The maximum atomic E-state index is 5.87.